The number of methoxy groups -OCH3 is 2. The van der Waals surface area contributed by atoms with Crippen molar-refractivity contribution < 1.29 is 18.7 Å². The van der Waals surface area contributed by atoms with E-state index in [0.717, 1.165) is 45.0 Å². The fourth-order valence-corrected chi connectivity index (χ4v) is 2.61. The summed E-state index contributed by atoms with van der Waals surface area (Å²) >= 11 is 0. The van der Waals surface area contributed by atoms with Gasteiger partial charge in [0.05, 0.1) is 33.0 Å². The van der Waals surface area contributed by atoms with Gasteiger partial charge in [-0.3, -0.25) is 4.90 Å². The minimum Gasteiger partial charge on any atom is -0.493 e. The number of anilines is 1. The number of rotatable bonds is 7. The molecule has 0 aliphatic carbocycles. The second-order valence-corrected chi connectivity index (χ2v) is 5.35. The van der Waals surface area contributed by atoms with Gasteiger partial charge in [0.15, 0.2) is 11.5 Å². The number of hydrogen-bond acceptors (Lipinski definition) is 8. The van der Waals surface area contributed by atoms with E-state index in [1.165, 1.54) is 0 Å². The summed E-state index contributed by atoms with van der Waals surface area (Å²) in [6.07, 6.45) is 0. The second kappa shape index (κ2) is 7.98. The summed E-state index contributed by atoms with van der Waals surface area (Å²) in [6, 6.07) is 5.94. The SMILES string of the molecule is COc1cccc(-c2noc(NCCN3CCOCC3)n2)c1OC. The van der Waals surface area contributed by atoms with Gasteiger partial charge in [0.1, 0.15) is 0 Å². The molecule has 0 bridgehead atoms. The first-order valence-electron chi connectivity index (χ1n) is 7.91. The van der Waals surface area contributed by atoms with Crippen molar-refractivity contribution in [3.63, 3.8) is 0 Å². The summed E-state index contributed by atoms with van der Waals surface area (Å²) in [5.41, 5.74) is 0.724. The molecule has 1 fully saturated rings. The maximum atomic E-state index is 5.41. The average molecular weight is 334 g/mol. The molecule has 1 aliphatic rings. The Bertz CT molecular complexity index is 655. The largest absolute Gasteiger partial charge is 0.493 e. The van der Waals surface area contributed by atoms with Crippen molar-refractivity contribution in [1.82, 2.24) is 15.0 Å². The fraction of sp³-hybridized carbons (Fsp3) is 0.500. The lowest BCUT2D eigenvalue weighted by Gasteiger charge is -2.26. The van der Waals surface area contributed by atoms with Crippen molar-refractivity contribution in [1.29, 1.82) is 0 Å². The first-order valence-corrected chi connectivity index (χ1v) is 7.91. The van der Waals surface area contributed by atoms with E-state index in [-0.39, 0.29) is 0 Å². The van der Waals surface area contributed by atoms with Crippen molar-refractivity contribution in [3.8, 4) is 22.9 Å². The third kappa shape index (κ3) is 3.77. The zero-order valence-electron chi connectivity index (χ0n) is 13.9. The number of nitrogens with zero attached hydrogens (tertiary/aromatic N) is 3. The standard InChI is InChI=1S/C16H22N4O4/c1-21-13-5-3-4-12(14(13)22-2)15-18-16(24-19-15)17-6-7-20-8-10-23-11-9-20/h3-5H,6-11H2,1-2H3,(H,17,18,19). The van der Waals surface area contributed by atoms with Gasteiger partial charge in [-0.2, -0.15) is 4.98 Å². The Morgan fingerprint density at radius 2 is 2.04 bits per heavy atom. The quantitative estimate of drug-likeness (QED) is 0.816. The molecular weight excluding hydrogens is 312 g/mol. The van der Waals surface area contributed by atoms with Crippen molar-refractivity contribution in [2.45, 2.75) is 0 Å². The average Bonchev–Trinajstić information content (AvgIpc) is 3.10. The molecule has 0 unspecified atom stereocenters. The van der Waals surface area contributed by atoms with E-state index in [4.69, 9.17) is 18.7 Å². The summed E-state index contributed by atoms with van der Waals surface area (Å²) in [6.45, 7) is 5.14. The van der Waals surface area contributed by atoms with E-state index in [1.807, 2.05) is 18.2 Å². The third-order valence-corrected chi connectivity index (χ3v) is 3.88. The van der Waals surface area contributed by atoms with Crippen LogP contribution in [0.3, 0.4) is 0 Å². The molecular formula is C16H22N4O4. The van der Waals surface area contributed by atoms with Crippen LogP contribution in [0.5, 0.6) is 11.5 Å². The molecule has 1 saturated heterocycles. The van der Waals surface area contributed by atoms with Crippen LogP contribution < -0.4 is 14.8 Å². The van der Waals surface area contributed by atoms with Gasteiger partial charge in [-0.1, -0.05) is 11.2 Å². The Kier molecular flexibility index (Phi) is 5.50. The summed E-state index contributed by atoms with van der Waals surface area (Å²) in [7, 11) is 3.18. The van der Waals surface area contributed by atoms with E-state index in [2.05, 4.69) is 20.4 Å². The van der Waals surface area contributed by atoms with Crippen LogP contribution >= 0.6 is 0 Å². The van der Waals surface area contributed by atoms with Gasteiger partial charge in [-0.25, -0.2) is 0 Å². The maximum absolute atomic E-state index is 5.41. The highest BCUT2D eigenvalue weighted by Gasteiger charge is 2.17. The zero-order chi connectivity index (χ0) is 16.8. The molecule has 1 aliphatic heterocycles. The Morgan fingerprint density at radius 1 is 1.21 bits per heavy atom. The van der Waals surface area contributed by atoms with Crippen LogP contribution in [0.15, 0.2) is 22.7 Å². The smallest absolute Gasteiger partial charge is 0.321 e. The number of ether oxygens (including phenoxy) is 3. The lowest BCUT2D eigenvalue weighted by molar-refractivity contribution is 0.0398. The first-order chi connectivity index (χ1) is 11.8. The van der Waals surface area contributed by atoms with Gasteiger partial charge >= 0.3 is 6.01 Å². The number of benzene rings is 1. The number of para-hydroxylation sites is 1. The van der Waals surface area contributed by atoms with Gasteiger partial charge in [0, 0.05) is 26.2 Å². The van der Waals surface area contributed by atoms with Crippen LogP contribution in [0, 0.1) is 0 Å². The molecule has 0 spiro atoms. The first kappa shape index (κ1) is 16.5. The Labute approximate surface area is 140 Å². The van der Waals surface area contributed by atoms with E-state index in [9.17, 15) is 0 Å². The minimum atomic E-state index is 0.392. The number of aromatic nitrogens is 2. The Morgan fingerprint density at radius 3 is 2.79 bits per heavy atom. The monoisotopic (exact) mass is 334 g/mol. The molecule has 0 saturated carbocycles. The number of morpholine rings is 1. The number of hydrogen-bond donors (Lipinski definition) is 1. The van der Waals surface area contributed by atoms with E-state index in [1.54, 1.807) is 14.2 Å². The van der Waals surface area contributed by atoms with Crippen LogP contribution in [0.25, 0.3) is 11.4 Å². The van der Waals surface area contributed by atoms with Crippen LogP contribution in [0.4, 0.5) is 6.01 Å². The lowest BCUT2D eigenvalue weighted by atomic mass is 10.2. The lowest BCUT2D eigenvalue weighted by Crippen LogP contribution is -2.39. The summed E-state index contributed by atoms with van der Waals surface area (Å²) in [5.74, 6) is 1.67. The fourth-order valence-electron chi connectivity index (χ4n) is 2.61. The molecule has 0 atom stereocenters. The molecule has 130 valence electrons. The molecule has 3 rings (SSSR count). The predicted molar refractivity (Wildman–Crippen MR) is 88.6 cm³/mol. The molecule has 0 amide bonds. The van der Waals surface area contributed by atoms with E-state index in [0.29, 0.717) is 23.3 Å². The highest BCUT2D eigenvalue weighted by molar-refractivity contribution is 5.68. The number of nitrogens with one attached hydrogen (secondary N) is 1. The summed E-state index contributed by atoms with van der Waals surface area (Å²) in [4.78, 5) is 6.71. The van der Waals surface area contributed by atoms with Crippen molar-refractivity contribution >= 4 is 6.01 Å². The molecule has 24 heavy (non-hydrogen) atoms. The van der Waals surface area contributed by atoms with Crippen LogP contribution in [-0.4, -0.2) is 68.7 Å². The normalized spacial score (nSPS) is 15.2. The van der Waals surface area contributed by atoms with Gasteiger partial charge in [-0.15, -0.1) is 0 Å². The molecule has 1 N–H and O–H groups in total. The van der Waals surface area contributed by atoms with Crippen LogP contribution in [0.1, 0.15) is 0 Å². The molecule has 0 radical (unpaired) electrons. The summed E-state index contributed by atoms with van der Waals surface area (Å²) in [5, 5.41) is 7.17. The van der Waals surface area contributed by atoms with Crippen molar-refractivity contribution in [2.24, 2.45) is 0 Å². The topological polar surface area (TPSA) is 81.9 Å². The van der Waals surface area contributed by atoms with Crippen LogP contribution in [-0.2, 0) is 4.74 Å². The Balaban J connectivity index is 1.63. The highest BCUT2D eigenvalue weighted by Crippen LogP contribution is 2.36. The molecule has 8 heteroatoms. The maximum Gasteiger partial charge on any atom is 0.321 e. The zero-order valence-corrected chi connectivity index (χ0v) is 13.9. The molecule has 2 heterocycles. The van der Waals surface area contributed by atoms with Crippen LogP contribution in [0.2, 0.25) is 0 Å². The van der Waals surface area contributed by atoms with Crippen molar-refractivity contribution in [3.05, 3.63) is 18.2 Å². The summed E-state index contributed by atoms with van der Waals surface area (Å²) < 4.78 is 21.3. The molecule has 8 nitrogen and oxygen atoms in total. The third-order valence-electron chi connectivity index (χ3n) is 3.88. The van der Waals surface area contributed by atoms with Crippen molar-refractivity contribution in [2.75, 3.05) is 58.9 Å². The minimum absolute atomic E-state index is 0.392. The highest BCUT2D eigenvalue weighted by atomic mass is 16.5. The van der Waals surface area contributed by atoms with E-state index >= 15 is 0 Å². The van der Waals surface area contributed by atoms with E-state index < -0.39 is 0 Å². The van der Waals surface area contributed by atoms with Gasteiger partial charge in [-0.05, 0) is 12.1 Å². The molecule has 1 aromatic heterocycles. The Hall–Kier alpha value is -2.32. The molecule has 2 aromatic rings. The van der Waals surface area contributed by atoms with Gasteiger partial charge in [0.2, 0.25) is 5.82 Å². The molecule has 1 aromatic carbocycles. The van der Waals surface area contributed by atoms with Gasteiger partial charge < -0.3 is 24.1 Å². The predicted octanol–water partition coefficient (Wildman–Crippen LogP) is 1.50. The second-order valence-electron chi connectivity index (χ2n) is 5.35. The van der Waals surface area contributed by atoms with Gasteiger partial charge in [0.25, 0.3) is 0 Å².